The van der Waals surface area contributed by atoms with Crippen molar-refractivity contribution in [1.82, 2.24) is 14.7 Å². The van der Waals surface area contributed by atoms with Crippen LogP contribution in [-0.4, -0.2) is 126 Å². The highest BCUT2D eigenvalue weighted by atomic mass is 16.5. The third-order valence-electron chi connectivity index (χ3n) is 21.3. The van der Waals surface area contributed by atoms with Gasteiger partial charge < -0.3 is 44.5 Å². The number of nitrogens with zero attached hydrogens (tertiary/aromatic N) is 3. The van der Waals surface area contributed by atoms with Crippen molar-refractivity contribution in [2.24, 2.45) is 0 Å². The maximum Gasteiger partial charge on any atom is 0.160 e. The lowest BCUT2D eigenvalue weighted by Gasteiger charge is -2.35. The van der Waals surface area contributed by atoms with E-state index in [1.165, 1.54) is 122 Å². The molecular formula is C85H95N3O9. The number of methoxy groups -OCH3 is 1. The fraction of sp³-hybridized carbons (Fsp3) is 0.365. The second kappa shape index (κ2) is 32.0. The van der Waals surface area contributed by atoms with Crippen LogP contribution in [0.5, 0.6) is 51.7 Å². The highest BCUT2D eigenvalue weighted by Crippen LogP contribution is 2.52. The predicted octanol–water partition coefficient (Wildman–Crippen LogP) is 16.6. The monoisotopic (exact) mass is 1300 g/mol. The Hall–Kier alpha value is -8.94. The molecule has 0 bridgehead atoms. The molecule has 3 saturated heterocycles. The Morgan fingerprint density at radius 2 is 0.598 bits per heavy atom. The Balaban J connectivity index is 0.000000131. The molecule has 6 atom stereocenters. The second-order valence-corrected chi connectivity index (χ2v) is 27.3. The summed E-state index contributed by atoms with van der Waals surface area (Å²) in [5.41, 5.74) is 14.5. The van der Waals surface area contributed by atoms with Gasteiger partial charge in [-0.2, -0.15) is 0 Å². The summed E-state index contributed by atoms with van der Waals surface area (Å²) < 4.78 is 23.5. The summed E-state index contributed by atoms with van der Waals surface area (Å²) in [6.07, 6.45) is 13.6. The van der Waals surface area contributed by atoms with Crippen LogP contribution in [0.15, 0.2) is 200 Å². The maximum absolute atomic E-state index is 10.4. The molecule has 0 aromatic heterocycles. The molecule has 0 unspecified atom stereocenters. The van der Waals surface area contributed by atoms with Crippen molar-refractivity contribution in [3.63, 3.8) is 0 Å². The Kier molecular flexibility index (Phi) is 22.0. The number of fused-ring (bicyclic) bond motifs is 3. The van der Waals surface area contributed by atoms with Crippen LogP contribution in [-0.2, 0) is 19.3 Å². The van der Waals surface area contributed by atoms with Gasteiger partial charge in [0.1, 0.15) is 37.1 Å². The lowest BCUT2D eigenvalue weighted by molar-refractivity contribution is 0.237. The predicted molar refractivity (Wildman–Crippen MR) is 385 cm³/mol. The molecule has 12 heteroatoms. The normalized spacial score (nSPS) is 20.6. The first-order valence-electron chi connectivity index (χ1n) is 35.6. The second-order valence-electron chi connectivity index (χ2n) is 27.3. The number of aryl methyl sites for hydroxylation is 3. The topological polar surface area (TPSA) is 148 Å². The minimum absolute atomic E-state index is 0.0394. The minimum atomic E-state index is -0.0515. The summed E-state index contributed by atoms with van der Waals surface area (Å²) >= 11 is 0. The summed E-state index contributed by atoms with van der Waals surface area (Å²) in [5, 5.41) is 51.0. The van der Waals surface area contributed by atoms with E-state index in [4.69, 9.17) is 18.9 Å². The molecule has 9 aromatic carbocycles. The highest BCUT2D eigenvalue weighted by molar-refractivity contribution is 5.56. The molecule has 6 aliphatic rings. The molecule has 3 fully saturated rings. The van der Waals surface area contributed by atoms with Crippen molar-refractivity contribution in [1.29, 1.82) is 0 Å². The third-order valence-corrected chi connectivity index (χ3v) is 21.3. The smallest absolute Gasteiger partial charge is 0.160 e. The number of hydrogen-bond acceptors (Lipinski definition) is 12. The molecule has 0 radical (unpaired) electrons. The Morgan fingerprint density at radius 3 is 0.897 bits per heavy atom. The van der Waals surface area contributed by atoms with Gasteiger partial charge in [0.15, 0.2) is 34.5 Å². The van der Waals surface area contributed by atoms with E-state index < -0.39 is 0 Å². The Bertz CT molecular complexity index is 3790. The Labute approximate surface area is 573 Å². The molecule has 0 amide bonds. The van der Waals surface area contributed by atoms with E-state index in [0.717, 1.165) is 104 Å². The minimum Gasteiger partial charge on any atom is -0.504 e. The summed E-state index contributed by atoms with van der Waals surface area (Å²) in [5.74, 6) is 4.72. The van der Waals surface area contributed by atoms with Gasteiger partial charge in [-0.25, -0.2) is 0 Å². The van der Waals surface area contributed by atoms with Gasteiger partial charge in [-0.1, -0.05) is 127 Å². The van der Waals surface area contributed by atoms with Crippen LogP contribution in [0, 0.1) is 0 Å². The van der Waals surface area contributed by atoms with Gasteiger partial charge in [0.25, 0.3) is 0 Å². The SMILES string of the molecule is COc1cc2c(cc1O)CC[C@H](c1ccccc1)[C@@H]2c1ccc(OCCN2CCCC2)cc1.Oc1cc2c(cc1O)[C@@H](c1ccc(OCCN3CCCC3)cc1)[C@@H](c1ccccc1)CC2.Oc1cc2c(cc1O)[C@@H](c1ccc(OCCN3CCCC3)cc1)[C@@H](c1ccccc1)CC2. The third kappa shape index (κ3) is 16.2. The van der Waals surface area contributed by atoms with E-state index in [9.17, 15) is 25.5 Å². The number of phenolic OH excluding ortho intramolecular Hbond substituents is 5. The zero-order valence-corrected chi connectivity index (χ0v) is 56.2. The van der Waals surface area contributed by atoms with Crippen molar-refractivity contribution in [3.05, 3.63) is 267 Å². The summed E-state index contributed by atoms with van der Waals surface area (Å²) in [4.78, 5) is 7.39. The first-order valence-corrected chi connectivity index (χ1v) is 35.6. The summed E-state index contributed by atoms with van der Waals surface area (Å²) in [6, 6.07) is 68.4. The number of phenols is 5. The number of hydrogen-bond donors (Lipinski definition) is 5. The van der Waals surface area contributed by atoms with E-state index in [0.29, 0.717) is 36.7 Å². The van der Waals surface area contributed by atoms with Gasteiger partial charge in [0, 0.05) is 37.4 Å². The van der Waals surface area contributed by atoms with Gasteiger partial charge in [0.05, 0.1) is 7.11 Å². The zero-order chi connectivity index (χ0) is 66.5. The number of rotatable bonds is 19. The number of benzene rings is 9. The highest BCUT2D eigenvalue weighted by Gasteiger charge is 2.36. The molecule has 15 rings (SSSR count). The van der Waals surface area contributed by atoms with Crippen molar-refractivity contribution in [3.8, 4) is 51.7 Å². The summed E-state index contributed by atoms with van der Waals surface area (Å²) in [6.45, 7) is 12.3. The molecule has 9 aromatic rings. The van der Waals surface area contributed by atoms with E-state index in [1.807, 2.05) is 24.3 Å². The lowest BCUT2D eigenvalue weighted by atomic mass is 9.69. The largest absolute Gasteiger partial charge is 0.504 e. The molecule has 5 N–H and O–H groups in total. The molecule has 3 aliphatic carbocycles. The first kappa shape index (κ1) is 66.7. The summed E-state index contributed by atoms with van der Waals surface area (Å²) in [7, 11) is 1.61. The molecular weight excluding hydrogens is 1210 g/mol. The Morgan fingerprint density at radius 1 is 0.320 bits per heavy atom. The van der Waals surface area contributed by atoms with Gasteiger partial charge in [-0.15, -0.1) is 0 Å². The number of ether oxygens (including phenoxy) is 4. The average Bonchev–Trinajstić information content (AvgIpc) is 1.20. The standard InChI is InChI=1S/C29H33NO3.2C28H31NO3/c1-32-28-20-26-23(19-27(28)31)11-14-25(21-7-3-2-4-8-21)29(26)22-9-12-24(13-10-22)33-18-17-30-15-5-6-16-30;2*30-26-18-22-10-13-24(20-6-2-1-3-7-20)28(25(22)19-27(26)31)21-8-11-23(12-9-21)32-17-16-29-14-4-5-15-29/h2-4,7-10,12-13,19-20,25,29,31H,5-6,11,14-18H2,1H3;2*1-3,6-9,11-12,18-19,24,28,30-31H,4-5,10,13-17H2/t25-,29+;2*24-,28+/m111/s1. The van der Waals surface area contributed by atoms with Crippen molar-refractivity contribution in [2.75, 3.05) is 85.8 Å². The fourth-order valence-electron chi connectivity index (χ4n) is 16.3. The lowest BCUT2D eigenvalue weighted by Crippen LogP contribution is -2.25. The van der Waals surface area contributed by atoms with E-state index in [2.05, 4.69) is 166 Å². The van der Waals surface area contributed by atoms with Crippen molar-refractivity contribution >= 4 is 0 Å². The van der Waals surface area contributed by atoms with Crippen LogP contribution >= 0.6 is 0 Å². The van der Waals surface area contributed by atoms with Crippen LogP contribution in [0.25, 0.3) is 0 Å². The molecule has 504 valence electrons. The fourth-order valence-corrected chi connectivity index (χ4v) is 16.3. The van der Waals surface area contributed by atoms with Crippen LogP contribution in [0.2, 0.25) is 0 Å². The van der Waals surface area contributed by atoms with Crippen LogP contribution in [0.1, 0.15) is 160 Å². The van der Waals surface area contributed by atoms with Crippen molar-refractivity contribution < 1.29 is 44.5 Å². The van der Waals surface area contributed by atoms with Gasteiger partial charge in [0.2, 0.25) is 0 Å². The van der Waals surface area contributed by atoms with Crippen LogP contribution in [0.3, 0.4) is 0 Å². The molecule has 3 heterocycles. The molecule has 3 aliphatic heterocycles. The van der Waals surface area contributed by atoms with Gasteiger partial charge in [-0.05, 0) is 274 Å². The molecule has 0 spiro atoms. The van der Waals surface area contributed by atoms with Crippen LogP contribution in [0.4, 0.5) is 0 Å². The van der Waals surface area contributed by atoms with Crippen molar-refractivity contribution in [2.45, 2.75) is 113 Å². The van der Waals surface area contributed by atoms with E-state index in [1.54, 1.807) is 31.4 Å². The number of likely N-dealkylation sites (tertiary alicyclic amines) is 3. The van der Waals surface area contributed by atoms with Crippen LogP contribution < -0.4 is 18.9 Å². The van der Waals surface area contributed by atoms with Gasteiger partial charge >= 0.3 is 0 Å². The maximum atomic E-state index is 10.4. The number of aromatic hydroxyl groups is 5. The average molecular weight is 1300 g/mol. The first-order chi connectivity index (χ1) is 47.6. The molecule has 97 heavy (non-hydrogen) atoms. The van der Waals surface area contributed by atoms with E-state index in [-0.39, 0.29) is 46.5 Å². The van der Waals surface area contributed by atoms with Gasteiger partial charge in [-0.3, -0.25) is 14.7 Å². The molecule has 0 saturated carbocycles. The zero-order valence-electron chi connectivity index (χ0n) is 56.2. The van der Waals surface area contributed by atoms with E-state index >= 15 is 0 Å². The molecule has 12 nitrogen and oxygen atoms in total. The quantitative estimate of drug-likeness (QED) is 0.0491.